The Kier molecular flexibility index (Phi) is 5.64. The van der Waals surface area contributed by atoms with Gasteiger partial charge >= 0.3 is 0 Å². The van der Waals surface area contributed by atoms with Crippen LogP contribution in [-0.4, -0.2) is 18.5 Å². The average Bonchev–Trinajstić information content (AvgIpc) is 2.97. The molecule has 0 radical (unpaired) electrons. The number of allylic oxidation sites excluding steroid dienone is 3. The van der Waals surface area contributed by atoms with Gasteiger partial charge in [0.1, 0.15) is 5.75 Å². The van der Waals surface area contributed by atoms with Crippen LogP contribution in [-0.2, 0) is 4.79 Å². The van der Waals surface area contributed by atoms with E-state index in [1.165, 1.54) is 10.9 Å². The summed E-state index contributed by atoms with van der Waals surface area (Å²) in [7, 11) is 1.67. The van der Waals surface area contributed by atoms with Gasteiger partial charge in [-0.15, -0.1) is 0 Å². The minimum atomic E-state index is 0.699. The summed E-state index contributed by atoms with van der Waals surface area (Å²) >= 11 is 0. The third-order valence-corrected chi connectivity index (χ3v) is 4.05. The Bertz CT molecular complexity index is 839. The summed E-state index contributed by atoms with van der Waals surface area (Å²) in [4.78, 5) is 14.2. The third-order valence-electron chi connectivity index (χ3n) is 4.05. The first kappa shape index (κ1) is 17.6. The minimum absolute atomic E-state index is 0.699. The number of aryl methyl sites for hydroxylation is 1. The number of ether oxygens (including phenoxy) is 1. The molecule has 2 rings (SSSR count). The molecule has 0 spiro atoms. The molecule has 0 atom stereocenters. The van der Waals surface area contributed by atoms with Gasteiger partial charge in [-0.3, -0.25) is 4.79 Å². The van der Waals surface area contributed by atoms with E-state index in [0.717, 1.165) is 33.8 Å². The van der Waals surface area contributed by atoms with Crippen LogP contribution in [0, 0.1) is 6.92 Å². The number of methoxy groups -OCH3 is 1. The highest BCUT2D eigenvalue weighted by molar-refractivity contribution is 5.87. The maximum atomic E-state index is 10.8. The molecule has 1 heterocycles. The van der Waals surface area contributed by atoms with Crippen LogP contribution in [0.5, 0.6) is 5.75 Å². The van der Waals surface area contributed by atoms with Crippen molar-refractivity contribution in [1.29, 1.82) is 0 Å². The average molecular weight is 324 g/mol. The van der Waals surface area contributed by atoms with Crippen molar-refractivity contribution in [2.45, 2.75) is 27.7 Å². The zero-order valence-corrected chi connectivity index (χ0v) is 14.9. The Morgan fingerprint density at radius 2 is 1.96 bits per heavy atom. The molecular formula is C20H24N2O2. The number of carbonyl (C=O) groups excluding carboxylic acids is 1. The molecule has 2 N–H and O–H groups in total. The van der Waals surface area contributed by atoms with E-state index >= 15 is 0 Å². The van der Waals surface area contributed by atoms with Gasteiger partial charge in [0.15, 0.2) is 0 Å². The Morgan fingerprint density at radius 3 is 2.54 bits per heavy atom. The topological polar surface area (TPSA) is 54.1 Å². The van der Waals surface area contributed by atoms with Gasteiger partial charge in [0.2, 0.25) is 6.41 Å². The predicted molar refractivity (Wildman–Crippen MR) is 100.0 cm³/mol. The number of hydrogen-bond acceptors (Lipinski definition) is 2. The summed E-state index contributed by atoms with van der Waals surface area (Å²) in [6.45, 7) is 7.97. The Morgan fingerprint density at radius 1 is 1.21 bits per heavy atom. The van der Waals surface area contributed by atoms with Crippen molar-refractivity contribution >= 4 is 23.4 Å². The number of nitrogens with one attached hydrogen (secondary N) is 2. The summed E-state index contributed by atoms with van der Waals surface area (Å²) in [5.41, 5.74) is 6.09. The van der Waals surface area contributed by atoms with Gasteiger partial charge in [-0.1, -0.05) is 12.2 Å². The number of fused-ring (bicyclic) bond motifs is 1. The van der Waals surface area contributed by atoms with E-state index in [9.17, 15) is 4.79 Å². The maximum absolute atomic E-state index is 10.8. The molecule has 0 fully saturated rings. The van der Waals surface area contributed by atoms with E-state index < -0.39 is 0 Å². The lowest BCUT2D eigenvalue weighted by atomic mass is 10.0. The maximum Gasteiger partial charge on any atom is 0.211 e. The molecule has 1 amide bonds. The monoisotopic (exact) mass is 324 g/mol. The highest BCUT2D eigenvalue weighted by Crippen LogP contribution is 2.27. The number of benzene rings is 1. The van der Waals surface area contributed by atoms with Crippen LogP contribution >= 0.6 is 0 Å². The largest absolute Gasteiger partial charge is 0.497 e. The van der Waals surface area contributed by atoms with Crippen molar-refractivity contribution in [3.05, 3.63) is 58.5 Å². The van der Waals surface area contributed by atoms with E-state index in [2.05, 4.69) is 29.4 Å². The number of aromatic amines is 1. The van der Waals surface area contributed by atoms with E-state index in [4.69, 9.17) is 4.74 Å². The van der Waals surface area contributed by atoms with Crippen molar-refractivity contribution in [2.24, 2.45) is 0 Å². The molecule has 4 heteroatoms. The first-order valence-corrected chi connectivity index (χ1v) is 7.93. The van der Waals surface area contributed by atoms with Crippen LogP contribution in [0.15, 0.2) is 47.2 Å². The fraction of sp³-hybridized carbons (Fsp3) is 0.250. The molecule has 0 aliphatic carbocycles. The first-order chi connectivity index (χ1) is 11.5. The quantitative estimate of drug-likeness (QED) is 0.608. The van der Waals surface area contributed by atoms with Crippen LogP contribution < -0.4 is 10.1 Å². The molecule has 0 unspecified atom stereocenters. The molecule has 1 aromatic carbocycles. The van der Waals surface area contributed by atoms with Crippen molar-refractivity contribution in [2.75, 3.05) is 7.11 Å². The molecule has 0 aliphatic heterocycles. The SMILES string of the molecule is C/C=C(C(/C)=C/c1cc2c(C)cc(OC)cc2[nH]1)\C(=C/C)NC=O. The molecule has 2 aromatic rings. The third kappa shape index (κ3) is 3.59. The predicted octanol–water partition coefficient (Wildman–Crippen LogP) is 4.48. The van der Waals surface area contributed by atoms with Gasteiger partial charge in [0, 0.05) is 28.4 Å². The van der Waals surface area contributed by atoms with E-state index in [0.29, 0.717) is 6.41 Å². The highest BCUT2D eigenvalue weighted by Gasteiger charge is 2.08. The van der Waals surface area contributed by atoms with Crippen LogP contribution in [0.2, 0.25) is 0 Å². The number of H-pyrrole nitrogens is 1. The zero-order chi connectivity index (χ0) is 17.7. The van der Waals surface area contributed by atoms with E-state index in [-0.39, 0.29) is 0 Å². The number of hydrogen-bond donors (Lipinski definition) is 2. The second-order valence-electron chi connectivity index (χ2n) is 5.62. The second-order valence-corrected chi connectivity index (χ2v) is 5.62. The Hall–Kier alpha value is -2.75. The zero-order valence-electron chi connectivity index (χ0n) is 14.9. The van der Waals surface area contributed by atoms with Crippen molar-refractivity contribution in [3.63, 3.8) is 0 Å². The van der Waals surface area contributed by atoms with Gasteiger partial charge in [0.05, 0.1) is 7.11 Å². The van der Waals surface area contributed by atoms with Gasteiger partial charge in [-0.25, -0.2) is 0 Å². The normalized spacial score (nSPS) is 13.3. The van der Waals surface area contributed by atoms with Crippen LogP contribution in [0.25, 0.3) is 17.0 Å². The molecule has 1 aromatic heterocycles. The molecule has 0 saturated heterocycles. The van der Waals surface area contributed by atoms with Crippen molar-refractivity contribution in [1.82, 2.24) is 10.3 Å². The van der Waals surface area contributed by atoms with Gasteiger partial charge in [-0.05, 0) is 62.6 Å². The van der Waals surface area contributed by atoms with Crippen molar-refractivity contribution in [3.8, 4) is 5.75 Å². The molecule has 0 aliphatic rings. The summed E-state index contributed by atoms with van der Waals surface area (Å²) in [5.74, 6) is 0.842. The summed E-state index contributed by atoms with van der Waals surface area (Å²) < 4.78 is 5.33. The first-order valence-electron chi connectivity index (χ1n) is 7.93. The van der Waals surface area contributed by atoms with E-state index in [1.54, 1.807) is 7.11 Å². The standard InChI is InChI=1S/C20H24N2O2/c1-6-17(19(7-2)21-12-23)13(3)8-15-10-18-14(4)9-16(24-5)11-20(18)22-15/h6-12,22H,1-5H3,(H,21,23)/b13-8+,17-6-,19-7+. The molecule has 0 bridgehead atoms. The molecule has 126 valence electrons. The van der Waals surface area contributed by atoms with Gasteiger partial charge < -0.3 is 15.0 Å². The molecule has 24 heavy (non-hydrogen) atoms. The lowest BCUT2D eigenvalue weighted by molar-refractivity contribution is -0.108. The van der Waals surface area contributed by atoms with E-state index in [1.807, 2.05) is 45.1 Å². The number of rotatable bonds is 6. The van der Waals surface area contributed by atoms with Crippen LogP contribution in [0.3, 0.4) is 0 Å². The van der Waals surface area contributed by atoms with Crippen molar-refractivity contribution < 1.29 is 9.53 Å². The minimum Gasteiger partial charge on any atom is -0.497 e. The summed E-state index contributed by atoms with van der Waals surface area (Å²) in [5, 5.41) is 3.92. The fourth-order valence-corrected chi connectivity index (χ4v) is 2.89. The smallest absolute Gasteiger partial charge is 0.211 e. The lowest BCUT2D eigenvalue weighted by Crippen LogP contribution is -2.12. The lowest BCUT2D eigenvalue weighted by Gasteiger charge is -2.11. The summed E-state index contributed by atoms with van der Waals surface area (Å²) in [6.07, 6.45) is 6.66. The highest BCUT2D eigenvalue weighted by atomic mass is 16.5. The fourth-order valence-electron chi connectivity index (χ4n) is 2.89. The Labute approximate surface area is 142 Å². The second kappa shape index (κ2) is 7.68. The van der Waals surface area contributed by atoms with Gasteiger partial charge in [0.25, 0.3) is 0 Å². The summed E-state index contributed by atoms with van der Waals surface area (Å²) in [6, 6.07) is 6.15. The number of aromatic nitrogens is 1. The number of amides is 1. The molecular weight excluding hydrogens is 300 g/mol. The molecule has 0 saturated carbocycles. The molecule has 4 nitrogen and oxygen atoms in total. The van der Waals surface area contributed by atoms with Crippen LogP contribution in [0.1, 0.15) is 32.0 Å². The number of carbonyl (C=O) groups is 1. The van der Waals surface area contributed by atoms with Crippen LogP contribution in [0.4, 0.5) is 0 Å². The van der Waals surface area contributed by atoms with Gasteiger partial charge in [-0.2, -0.15) is 0 Å². The Balaban J connectivity index is 2.44.